The van der Waals surface area contributed by atoms with Gasteiger partial charge < -0.3 is 14.9 Å². The summed E-state index contributed by atoms with van der Waals surface area (Å²) in [5, 5.41) is 17.1. The fourth-order valence-electron chi connectivity index (χ4n) is 0.628. The maximum atomic E-state index is 10.9. The number of carbonyl (C=O) groups is 2. The molecular formula is C8H14O5. The van der Waals surface area contributed by atoms with E-state index in [9.17, 15) is 9.59 Å². The first kappa shape index (κ1) is 11.9. The highest BCUT2D eigenvalue weighted by atomic mass is 16.6. The van der Waals surface area contributed by atoms with Crippen molar-refractivity contribution in [2.45, 2.75) is 38.9 Å². The zero-order valence-electron chi connectivity index (χ0n) is 7.90. The van der Waals surface area contributed by atoms with Crippen molar-refractivity contribution >= 4 is 11.9 Å². The summed E-state index contributed by atoms with van der Waals surface area (Å²) in [5.74, 6) is -2.15. The second kappa shape index (κ2) is 4.23. The number of carbonyl (C=O) groups excluding carboxylic acids is 1. The first-order valence-electron chi connectivity index (χ1n) is 3.85. The number of rotatable bonds is 3. The molecule has 0 aromatic heterocycles. The van der Waals surface area contributed by atoms with E-state index in [1.54, 1.807) is 20.8 Å². The molecular weight excluding hydrogens is 176 g/mol. The van der Waals surface area contributed by atoms with Crippen molar-refractivity contribution in [3.05, 3.63) is 0 Å². The zero-order valence-corrected chi connectivity index (χ0v) is 7.90. The summed E-state index contributed by atoms with van der Waals surface area (Å²) in [7, 11) is 0. The van der Waals surface area contributed by atoms with Gasteiger partial charge in [0.25, 0.3) is 0 Å². The molecule has 0 radical (unpaired) electrons. The Hall–Kier alpha value is -1.10. The Labute approximate surface area is 76.3 Å². The van der Waals surface area contributed by atoms with Crippen molar-refractivity contribution in [1.29, 1.82) is 0 Å². The first-order valence-corrected chi connectivity index (χ1v) is 3.85. The van der Waals surface area contributed by atoms with E-state index in [4.69, 9.17) is 14.9 Å². The summed E-state index contributed by atoms with van der Waals surface area (Å²) < 4.78 is 4.80. The summed E-state index contributed by atoms with van der Waals surface area (Å²) >= 11 is 0. The molecule has 13 heavy (non-hydrogen) atoms. The van der Waals surface area contributed by atoms with Crippen LogP contribution in [0.3, 0.4) is 0 Å². The predicted octanol–water partition coefficient (Wildman–Crippen LogP) is 0.164. The van der Waals surface area contributed by atoms with Gasteiger partial charge in [-0.05, 0) is 20.8 Å². The van der Waals surface area contributed by atoms with Crippen molar-refractivity contribution in [1.82, 2.24) is 0 Å². The highest BCUT2D eigenvalue weighted by molar-refractivity contribution is 5.80. The van der Waals surface area contributed by atoms with Gasteiger partial charge in [-0.3, -0.25) is 4.79 Å². The average Bonchev–Trinajstić information content (AvgIpc) is 1.81. The topological polar surface area (TPSA) is 83.8 Å². The van der Waals surface area contributed by atoms with Crippen LogP contribution in [0.2, 0.25) is 0 Å². The number of hydrogen-bond acceptors (Lipinski definition) is 4. The van der Waals surface area contributed by atoms with Crippen LogP contribution in [0.1, 0.15) is 27.2 Å². The summed E-state index contributed by atoms with van der Waals surface area (Å²) in [6.07, 6.45) is -2.21. The van der Waals surface area contributed by atoms with Crippen LogP contribution in [0, 0.1) is 0 Å². The van der Waals surface area contributed by atoms with Crippen LogP contribution >= 0.6 is 0 Å². The van der Waals surface area contributed by atoms with Crippen LogP contribution in [-0.4, -0.2) is 33.9 Å². The Kier molecular flexibility index (Phi) is 3.87. The van der Waals surface area contributed by atoms with E-state index in [0.29, 0.717) is 0 Å². The van der Waals surface area contributed by atoms with E-state index in [1.807, 2.05) is 0 Å². The number of aliphatic carboxylic acids is 1. The average molecular weight is 190 g/mol. The number of aliphatic hydroxyl groups excluding tert-OH is 1. The molecule has 0 aromatic carbocycles. The molecule has 1 atom stereocenters. The summed E-state index contributed by atoms with van der Waals surface area (Å²) in [4.78, 5) is 21.1. The minimum absolute atomic E-state index is 0.521. The van der Waals surface area contributed by atoms with E-state index in [0.717, 1.165) is 0 Å². The van der Waals surface area contributed by atoms with Gasteiger partial charge in [-0.25, -0.2) is 4.79 Å². The largest absolute Gasteiger partial charge is 0.479 e. The molecule has 0 aromatic rings. The molecule has 0 rings (SSSR count). The molecule has 0 spiro atoms. The molecule has 5 nitrogen and oxygen atoms in total. The number of ether oxygens (including phenoxy) is 1. The Morgan fingerprint density at radius 2 is 1.85 bits per heavy atom. The zero-order chi connectivity index (χ0) is 10.6. The first-order chi connectivity index (χ1) is 5.72. The molecule has 0 saturated heterocycles. The van der Waals surface area contributed by atoms with Crippen molar-refractivity contribution in [3.8, 4) is 0 Å². The summed E-state index contributed by atoms with van der Waals surface area (Å²) in [6.45, 7) is 4.99. The number of carboxylic acids is 1. The Balaban J connectivity index is 3.96. The normalized spacial score (nSPS) is 13.5. The number of aliphatic hydroxyl groups is 1. The molecule has 0 saturated carbocycles. The van der Waals surface area contributed by atoms with E-state index in [1.165, 1.54) is 0 Å². The molecule has 0 fully saturated rings. The third-order valence-corrected chi connectivity index (χ3v) is 1.07. The Bertz CT molecular complexity index is 203. The van der Waals surface area contributed by atoms with E-state index >= 15 is 0 Å². The quantitative estimate of drug-likeness (QED) is 0.619. The maximum absolute atomic E-state index is 10.9. The van der Waals surface area contributed by atoms with E-state index in [-0.39, 0.29) is 0 Å². The van der Waals surface area contributed by atoms with Gasteiger partial charge in [-0.15, -0.1) is 0 Å². The number of esters is 1. The number of carboxylic acid groups (broad SMARTS) is 1. The fourth-order valence-corrected chi connectivity index (χ4v) is 0.628. The van der Waals surface area contributed by atoms with Gasteiger partial charge in [0.2, 0.25) is 0 Å². The Morgan fingerprint density at radius 1 is 1.38 bits per heavy atom. The maximum Gasteiger partial charge on any atom is 0.333 e. The fraction of sp³-hybridized carbons (Fsp3) is 0.750. The molecule has 0 amide bonds. The van der Waals surface area contributed by atoms with Gasteiger partial charge in [0.15, 0.2) is 6.10 Å². The molecule has 0 bridgehead atoms. The van der Waals surface area contributed by atoms with Crippen molar-refractivity contribution < 1.29 is 24.5 Å². The Morgan fingerprint density at radius 3 is 2.15 bits per heavy atom. The molecule has 0 aliphatic rings. The second-order valence-corrected chi connectivity index (χ2v) is 3.64. The van der Waals surface area contributed by atoms with Crippen LogP contribution in [0.4, 0.5) is 0 Å². The van der Waals surface area contributed by atoms with Crippen molar-refractivity contribution in [2.24, 2.45) is 0 Å². The molecule has 0 aliphatic carbocycles. The predicted molar refractivity (Wildman–Crippen MR) is 44.1 cm³/mol. The van der Waals surface area contributed by atoms with Gasteiger partial charge >= 0.3 is 11.9 Å². The smallest absolute Gasteiger partial charge is 0.333 e. The number of hydrogen-bond donors (Lipinski definition) is 2. The van der Waals surface area contributed by atoms with Crippen molar-refractivity contribution in [3.63, 3.8) is 0 Å². The van der Waals surface area contributed by atoms with Gasteiger partial charge in [-0.1, -0.05) is 0 Å². The standard InChI is InChI=1S/C8H14O5/c1-8(2,3)13-6(10)4-5(9)7(11)12/h5,9H,4H2,1-3H3,(H,11,12). The minimum Gasteiger partial charge on any atom is -0.479 e. The van der Waals surface area contributed by atoms with Gasteiger partial charge in [0, 0.05) is 0 Å². The molecule has 0 heterocycles. The minimum atomic E-state index is -1.69. The molecule has 1 unspecified atom stereocenters. The third kappa shape index (κ3) is 6.10. The van der Waals surface area contributed by atoms with Crippen LogP contribution in [-0.2, 0) is 14.3 Å². The molecule has 5 heteroatoms. The van der Waals surface area contributed by atoms with Gasteiger partial charge in [0.05, 0.1) is 6.42 Å². The van der Waals surface area contributed by atoms with Crippen LogP contribution in [0.15, 0.2) is 0 Å². The lowest BCUT2D eigenvalue weighted by Gasteiger charge is -2.19. The van der Waals surface area contributed by atoms with E-state index in [2.05, 4.69) is 0 Å². The molecule has 76 valence electrons. The van der Waals surface area contributed by atoms with Crippen LogP contribution in [0.25, 0.3) is 0 Å². The highest BCUT2D eigenvalue weighted by Gasteiger charge is 2.22. The van der Waals surface area contributed by atoms with E-state index < -0.39 is 30.1 Å². The monoisotopic (exact) mass is 190 g/mol. The summed E-state index contributed by atoms with van der Waals surface area (Å²) in [6, 6.07) is 0. The molecule has 2 N–H and O–H groups in total. The highest BCUT2D eigenvalue weighted by Crippen LogP contribution is 2.09. The van der Waals surface area contributed by atoms with Crippen LogP contribution in [0.5, 0.6) is 0 Å². The molecule has 0 aliphatic heterocycles. The summed E-state index contributed by atoms with van der Waals surface area (Å²) in [5.41, 5.74) is -0.657. The van der Waals surface area contributed by atoms with Crippen molar-refractivity contribution in [2.75, 3.05) is 0 Å². The third-order valence-electron chi connectivity index (χ3n) is 1.07. The van der Waals surface area contributed by atoms with Gasteiger partial charge in [0.1, 0.15) is 5.60 Å². The lowest BCUT2D eigenvalue weighted by atomic mass is 10.2. The lowest BCUT2D eigenvalue weighted by Crippen LogP contribution is -2.29. The SMILES string of the molecule is CC(C)(C)OC(=O)CC(O)C(=O)O. The van der Waals surface area contributed by atoms with Gasteiger partial charge in [-0.2, -0.15) is 0 Å². The lowest BCUT2D eigenvalue weighted by molar-refractivity contribution is -0.162. The second-order valence-electron chi connectivity index (χ2n) is 3.64. The van der Waals surface area contributed by atoms with Crippen LogP contribution < -0.4 is 0 Å².